The van der Waals surface area contributed by atoms with Crippen molar-refractivity contribution in [2.45, 2.75) is 123 Å². The summed E-state index contributed by atoms with van der Waals surface area (Å²) in [5.41, 5.74) is 0. The number of unbranched alkanes of at least 4 members (excludes halogenated alkanes) is 11. The van der Waals surface area contributed by atoms with Gasteiger partial charge in [0.15, 0.2) is 6.10 Å². The molecule has 1 N–H and O–H groups in total. The Kier molecular flexibility index (Phi) is 17.8. The normalized spacial score (nSPS) is 12.6. The van der Waals surface area contributed by atoms with Crippen LogP contribution in [0.3, 0.4) is 0 Å². The Labute approximate surface area is 156 Å². The van der Waals surface area contributed by atoms with E-state index in [4.69, 9.17) is 9.84 Å². The van der Waals surface area contributed by atoms with Crippen LogP contribution >= 0.6 is 0 Å². The fourth-order valence-corrected chi connectivity index (χ4v) is 3.12. The van der Waals surface area contributed by atoms with Crippen LogP contribution in [-0.2, 0) is 9.53 Å². The fourth-order valence-electron chi connectivity index (χ4n) is 3.12. The summed E-state index contributed by atoms with van der Waals surface area (Å²) in [6.07, 6.45) is 17.8. The highest BCUT2D eigenvalue weighted by Gasteiger charge is 2.16. The van der Waals surface area contributed by atoms with Crippen LogP contribution in [0.2, 0.25) is 0 Å². The second kappa shape index (κ2) is 18.2. The monoisotopic (exact) mass is 356 g/mol. The molecule has 0 amide bonds. The van der Waals surface area contributed by atoms with Gasteiger partial charge in [0.05, 0.1) is 0 Å². The van der Waals surface area contributed by atoms with E-state index in [1.165, 1.54) is 64.2 Å². The molecule has 1 atom stereocenters. The molecule has 0 spiro atoms. The summed E-state index contributed by atoms with van der Waals surface area (Å²) in [5, 5.41) is 9.15. The van der Waals surface area contributed by atoms with E-state index >= 15 is 0 Å². The van der Waals surface area contributed by atoms with Crippen LogP contribution in [0.25, 0.3) is 0 Å². The maximum Gasteiger partial charge on any atom is 0.332 e. The van der Waals surface area contributed by atoms with Crippen molar-refractivity contribution in [1.82, 2.24) is 0 Å². The van der Waals surface area contributed by atoms with Crippen molar-refractivity contribution in [3.8, 4) is 0 Å². The number of carboxylic acid groups (broad SMARTS) is 1. The highest BCUT2D eigenvalue weighted by Crippen LogP contribution is 2.15. The molecule has 0 radical (unpaired) electrons. The largest absolute Gasteiger partial charge is 0.479 e. The van der Waals surface area contributed by atoms with Crippen LogP contribution in [0.5, 0.6) is 0 Å². The van der Waals surface area contributed by atoms with E-state index in [1.807, 2.05) is 0 Å². The Morgan fingerprint density at radius 2 is 1.20 bits per heavy atom. The third kappa shape index (κ3) is 18.0. The summed E-state index contributed by atoms with van der Waals surface area (Å²) in [5.74, 6) is 0.0539. The Bertz CT molecular complexity index is 289. The van der Waals surface area contributed by atoms with Crippen LogP contribution in [-0.4, -0.2) is 23.8 Å². The Hall–Kier alpha value is -0.570. The predicted octanol–water partition coefficient (Wildman–Crippen LogP) is 6.98. The van der Waals surface area contributed by atoms with Crippen molar-refractivity contribution >= 4 is 5.97 Å². The van der Waals surface area contributed by atoms with Crippen LogP contribution in [0.4, 0.5) is 0 Å². The molecule has 3 nitrogen and oxygen atoms in total. The first-order valence-corrected chi connectivity index (χ1v) is 10.9. The quantitative estimate of drug-likeness (QED) is 0.254. The molecule has 0 rings (SSSR count). The molecule has 0 heterocycles. The summed E-state index contributed by atoms with van der Waals surface area (Å²) in [4.78, 5) is 11.1. The zero-order valence-corrected chi connectivity index (χ0v) is 17.2. The molecule has 3 heteroatoms. The maximum atomic E-state index is 11.1. The number of hydrogen-bond donors (Lipinski definition) is 1. The number of rotatable bonds is 19. The Morgan fingerprint density at radius 3 is 1.60 bits per heavy atom. The van der Waals surface area contributed by atoms with E-state index in [-0.39, 0.29) is 0 Å². The Morgan fingerprint density at radius 1 is 0.760 bits per heavy atom. The van der Waals surface area contributed by atoms with Crippen molar-refractivity contribution in [2.24, 2.45) is 5.92 Å². The van der Waals surface area contributed by atoms with Gasteiger partial charge < -0.3 is 9.84 Å². The molecule has 0 saturated heterocycles. The van der Waals surface area contributed by atoms with Crippen molar-refractivity contribution < 1.29 is 14.6 Å². The molecule has 0 bridgehead atoms. The highest BCUT2D eigenvalue weighted by molar-refractivity contribution is 5.72. The molecule has 150 valence electrons. The molecule has 25 heavy (non-hydrogen) atoms. The average molecular weight is 357 g/mol. The third-order valence-electron chi connectivity index (χ3n) is 4.84. The SMILES string of the molecule is CCCCOC(CCCCCCCCCCCCCC(C)C)C(=O)O. The molecule has 0 saturated carbocycles. The van der Waals surface area contributed by atoms with Gasteiger partial charge in [0.25, 0.3) is 0 Å². The molecular formula is C22H44O3. The van der Waals surface area contributed by atoms with Crippen LogP contribution < -0.4 is 0 Å². The van der Waals surface area contributed by atoms with Gasteiger partial charge in [-0.15, -0.1) is 0 Å². The van der Waals surface area contributed by atoms with Crippen molar-refractivity contribution in [3.63, 3.8) is 0 Å². The van der Waals surface area contributed by atoms with Gasteiger partial charge in [-0.3, -0.25) is 0 Å². The third-order valence-corrected chi connectivity index (χ3v) is 4.84. The van der Waals surface area contributed by atoms with E-state index < -0.39 is 12.1 Å². The molecule has 0 aliphatic heterocycles. The number of carbonyl (C=O) groups is 1. The first kappa shape index (κ1) is 24.4. The highest BCUT2D eigenvalue weighted by atomic mass is 16.5. The fraction of sp³-hybridized carbons (Fsp3) is 0.955. The lowest BCUT2D eigenvalue weighted by Crippen LogP contribution is -2.24. The minimum Gasteiger partial charge on any atom is -0.479 e. The zero-order valence-electron chi connectivity index (χ0n) is 17.2. The van der Waals surface area contributed by atoms with Crippen molar-refractivity contribution in [1.29, 1.82) is 0 Å². The number of hydrogen-bond acceptors (Lipinski definition) is 2. The van der Waals surface area contributed by atoms with Crippen molar-refractivity contribution in [2.75, 3.05) is 6.61 Å². The molecule has 0 aromatic heterocycles. The van der Waals surface area contributed by atoms with E-state index in [1.54, 1.807) is 0 Å². The second-order valence-electron chi connectivity index (χ2n) is 7.91. The molecule has 1 unspecified atom stereocenters. The predicted molar refractivity (Wildman–Crippen MR) is 107 cm³/mol. The van der Waals surface area contributed by atoms with Crippen molar-refractivity contribution in [3.05, 3.63) is 0 Å². The van der Waals surface area contributed by atoms with Gasteiger partial charge in [0.2, 0.25) is 0 Å². The lowest BCUT2D eigenvalue weighted by atomic mass is 10.0. The van der Waals surface area contributed by atoms with Gasteiger partial charge in [-0.1, -0.05) is 104 Å². The first-order valence-electron chi connectivity index (χ1n) is 10.9. The Balaban J connectivity index is 3.32. The molecule has 0 aliphatic rings. The summed E-state index contributed by atoms with van der Waals surface area (Å²) >= 11 is 0. The summed E-state index contributed by atoms with van der Waals surface area (Å²) in [6.45, 7) is 7.28. The molecule has 0 aromatic rings. The van der Waals surface area contributed by atoms with Gasteiger partial charge in [-0.2, -0.15) is 0 Å². The van der Waals surface area contributed by atoms with E-state index in [9.17, 15) is 4.79 Å². The van der Waals surface area contributed by atoms with Gasteiger partial charge in [0.1, 0.15) is 0 Å². The summed E-state index contributed by atoms with van der Waals surface area (Å²) in [6, 6.07) is 0. The number of aliphatic carboxylic acids is 1. The number of ether oxygens (including phenoxy) is 1. The summed E-state index contributed by atoms with van der Waals surface area (Å²) in [7, 11) is 0. The lowest BCUT2D eigenvalue weighted by molar-refractivity contribution is -0.151. The minimum absolute atomic E-state index is 0.574. The second-order valence-corrected chi connectivity index (χ2v) is 7.91. The maximum absolute atomic E-state index is 11.1. The smallest absolute Gasteiger partial charge is 0.332 e. The zero-order chi connectivity index (χ0) is 18.8. The molecule has 0 aromatic carbocycles. The molecular weight excluding hydrogens is 312 g/mol. The first-order chi connectivity index (χ1) is 12.1. The standard InChI is InChI=1S/C22H44O3/c1-4-5-19-25-21(22(23)24)18-16-14-12-10-8-6-7-9-11-13-15-17-20(2)3/h20-21H,4-19H2,1-3H3,(H,23,24). The van der Waals surface area contributed by atoms with E-state index in [2.05, 4.69) is 20.8 Å². The van der Waals surface area contributed by atoms with Gasteiger partial charge in [-0.05, 0) is 18.8 Å². The summed E-state index contributed by atoms with van der Waals surface area (Å²) < 4.78 is 5.46. The van der Waals surface area contributed by atoms with Gasteiger partial charge in [0, 0.05) is 6.61 Å². The van der Waals surface area contributed by atoms with E-state index in [0.717, 1.165) is 31.6 Å². The van der Waals surface area contributed by atoms with Crippen LogP contribution in [0, 0.1) is 5.92 Å². The van der Waals surface area contributed by atoms with Gasteiger partial charge >= 0.3 is 5.97 Å². The van der Waals surface area contributed by atoms with E-state index in [0.29, 0.717) is 13.0 Å². The van der Waals surface area contributed by atoms with Crippen LogP contribution in [0.15, 0.2) is 0 Å². The number of carboxylic acids is 1. The minimum atomic E-state index is -0.801. The molecule has 0 aliphatic carbocycles. The lowest BCUT2D eigenvalue weighted by Gasteiger charge is -2.13. The van der Waals surface area contributed by atoms with Crippen LogP contribution in [0.1, 0.15) is 117 Å². The average Bonchev–Trinajstić information content (AvgIpc) is 2.56. The molecule has 0 fully saturated rings. The van der Waals surface area contributed by atoms with Gasteiger partial charge in [-0.25, -0.2) is 4.79 Å². The topological polar surface area (TPSA) is 46.5 Å².